The van der Waals surface area contributed by atoms with Crippen LogP contribution < -0.4 is 5.32 Å². The highest BCUT2D eigenvalue weighted by Crippen LogP contribution is 2.33. The van der Waals surface area contributed by atoms with Gasteiger partial charge in [-0.3, -0.25) is 9.20 Å². The zero-order chi connectivity index (χ0) is 19.8. The van der Waals surface area contributed by atoms with Crippen LogP contribution in [0.15, 0.2) is 35.4 Å². The van der Waals surface area contributed by atoms with Crippen molar-refractivity contribution in [2.24, 2.45) is 0 Å². The van der Waals surface area contributed by atoms with E-state index in [1.54, 1.807) is 11.3 Å². The van der Waals surface area contributed by atoms with Gasteiger partial charge in [-0.25, -0.2) is 8.78 Å². The Balaban J connectivity index is 1.58. The van der Waals surface area contributed by atoms with Crippen LogP contribution in [0.25, 0.3) is 15.7 Å². The van der Waals surface area contributed by atoms with Crippen molar-refractivity contribution in [3.63, 3.8) is 0 Å². The average molecular weight is 418 g/mol. The second-order valence-corrected chi connectivity index (χ2v) is 8.46. The summed E-state index contributed by atoms with van der Waals surface area (Å²) in [6, 6.07) is 7.20. The summed E-state index contributed by atoms with van der Waals surface area (Å²) in [7, 11) is 0. The normalized spacial score (nSPS) is 11.4. The number of hydrogen-bond acceptors (Lipinski definition) is 5. The van der Waals surface area contributed by atoms with Crippen LogP contribution in [0.2, 0.25) is 0 Å². The third-order valence-electron chi connectivity index (χ3n) is 4.21. The van der Waals surface area contributed by atoms with E-state index in [0.717, 1.165) is 40.1 Å². The molecule has 0 aliphatic rings. The van der Waals surface area contributed by atoms with Gasteiger partial charge in [0.1, 0.15) is 22.5 Å². The van der Waals surface area contributed by atoms with Crippen LogP contribution in [0.4, 0.5) is 14.5 Å². The number of amides is 1. The Hall–Kier alpha value is -2.52. The number of rotatable bonds is 5. The zero-order valence-corrected chi connectivity index (χ0v) is 16.8. The van der Waals surface area contributed by atoms with Crippen LogP contribution in [-0.4, -0.2) is 26.3 Å². The lowest BCUT2D eigenvalue weighted by atomic mass is 10.3. The molecule has 9 heteroatoms. The van der Waals surface area contributed by atoms with Gasteiger partial charge in [-0.1, -0.05) is 18.7 Å². The Labute approximate surface area is 167 Å². The molecule has 4 aromatic rings. The molecule has 0 saturated carbocycles. The summed E-state index contributed by atoms with van der Waals surface area (Å²) in [4.78, 5) is 13.4. The maximum absolute atomic E-state index is 13.7. The van der Waals surface area contributed by atoms with E-state index in [0.29, 0.717) is 5.03 Å². The Kier molecular flexibility index (Phi) is 5.03. The lowest BCUT2D eigenvalue weighted by molar-refractivity contribution is -0.113. The van der Waals surface area contributed by atoms with Gasteiger partial charge in [0.15, 0.2) is 0 Å². The first-order chi connectivity index (χ1) is 13.5. The first-order valence-corrected chi connectivity index (χ1v) is 10.4. The second kappa shape index (κ2) is 7.48. The molecule has 1 N–H and O–H groups in total. The molecule has 1 amide bonds. The number of carbonyl (C=O) groups is 1. The van der Waals surface area contributed by atoms with Crippen molar-refractivity contribution < 1.29 is 13.6 Å². The third kappa shape index (κ3) is 3.47. The first-order valence-electron chi connectivity index (χ1n) is 8.61. The lowest BCUT2D eigenvalue weighted by Gasteiger charge is -2.08. The molecule has 0 aliphatic carbocycles. The van der Waals surface area contributed by atoms with E-state index >= 15 is 0 Å². The maximum atomic E-state index is 13.7. The summed E-state index contributed by atoms with van der Waals surface area (Å²) in [6.45, 7) is 4.08. The van der Waals surface area contributed by atoms with Gasteiger partial charge >= 0.3 is 0 Å². The van der Waals surface area contributed by atoms with Crippen LogP contribution in [0.5, 0.6) is 0 Å². The summed E-state index contributed by atoms with van der Waals surface area (Å²) in [5, 5.41) is 11.7. The fraction of sp³-hybridized carbons (Fsp3) is 0.211. The molecule has 0 spiro atoms. The van der Waals surface area contributed by atoms with Crippen molar-refractivity contribution in [3.8, 4) is 0 Å². The molecule has 3 heterocycles. The van der Waals surface area contributed by atoms with Gasteiger partial charge in [0.25, 0.3) is 0 Å². The van der Waals surface area contributed by atoms with Gasteiger partial charge in [-0.05, 0) is 31.2 Å². The van der Waals surface area contributed by atoms with Crippen molar-refractivity contribution in [2.45, 2.75) is 25.3 Å². The Bertz CT molecular complexity index is 1200. The quantitative estimate of drug-likeness (QED) is 0.472. The number of aryl methyl sites for hydroxylation is 2. The molecule has 28 heavy (non-hydrogen) atoms. The number of thioether (sulfide) groups is 1. The second-order valence-electron chi connectivity index (χ2n) is 6.21. The molecule has 0 unspecified atom stereocenters. The summed E-state index contributed by atoms with van der Waals surface area (Å²) < 4.78 is 29.9. The molecule has 1 aromatic carbocycles. The molecule has 0 radical (unpaired) electrons. The molecule has 0 bridgehead atoms. The molecule has 0 saturated heterocycles. The van der Waals surface area contributed by atoms with Crippen molar-refractivity contribution in [2.75, 3.05) is 11.1 Å². The Morgan fingerprint density at radius 2 is 2.04 bits per heavy atom. The van der Waals surface area contributed by atoms with E-state index in [4.69, 9.17) is 0 Å². The number of carbonyl (C=O) groups excluding carboxylic acids is 1. The average Bonchev–Trinajstić information content (AvgIpc) is 3.18. The summed E-state index contributed by atoms with van der Waals surface area (Å²) in [5.74, 6) is -1.02. The number of benzene rings is 1. The summed E-state index contributed by atoms with van der Waals surface area (Å²) in [5.41, 5.74) is 1.94. The Morgan fingerprint density at radius 3 is 2.79 bits per heavy atom. The molecule has 0 fully saturated rings. The van der Waals surface area contributed by atoms with E-state index < -0.39 is 17.5 Å². The summed E-state index contributed by atoms with van der Waals surface area (Å²) in [6.07, 6.45) is 0.734. The van der Waals surface area contributed by atoms with E-state index in [1.807, 2.05) is 6.92 Å². The predicted molar refractivity (Wildman–Crippen MR) is 108 cm³/mol. The van der Waals surface area contributed by atoms with E-state index in [9.17, 15) is 13.6 Å². The molecule has 4 rings (SSSR count). The van der Waals surface area contributed by atoms with Crippen LogP contribution >= 0.6 is 23.1 Å². The maximum Gasteiger partial charge on any atom is 0.234 e. The van der Waals surface area contributed by atoms with Crippen LogP contribution in [0.3, 0.4) is 0 Å². The van der Waals surface area contributed by atoms with Crippen molar-refractivity contribution in [1.29, 1.82) is 0 Å². The minimum atomic E-state index is -0.810. The number of hydrogen-bond donors (Lipinski definition) is 1. The van der Waals surface area contributed by atoms with Gasteiger partial charge < -0.3 is 5.32 Å². The smallest absolute Gasteiger partial charge is 0.234 e. The molecular weight excluding hydrogens is 402 g/mol. The SMILES string of the molecule is CCc1nnc(SCC(=O)Nc2ccc(F)cc2F)c2cc3sc(C)cc3n12. The standard InChI is InChI=1S/C19H16F2N4OS2/c1-3-17-23-24-19(15-8-16-14(25(15)17)6-10(2)28-16)27-9-18(26)22-13-5-4-11(20)7-12(13)21/h4-8H,3,9H2,1-2H3,(H,22,26). The number of anilines is 1. The van der Waals surface area contributed by atoms with Crippen molar-refractivity contribution in [1.82, 2.24) is 14.6 Å². The highest BCUT2D eigenvalue weighted by molar-refractivity contribution is 8.00. The highest BCUT2D eigenvalue weighted by atomic mass is 32.2. The number of fused-ring (bicyclic) bond motifs is 3. The minimum absolute atomic E-state index is 0.0322. The van der Waals surface area contributed by atoms with Gasteiger partial charge in [0, 0.05) is 17.4 Å². The van der Waals surface area contributed by atoms with Crippen LogP contribution in [0.1, 0.15) is 17.6 Å². The first kappa shape index (κ1) is 18.8. The zero-order valence-electron chi connectivity index (χ0n) is 15.1. The van der Waals surface area contributed by atoms with Crippen LogP contribution in [-0.2, 0) is 11.2 Å². The molecule has 0 aliphatic heterocycles. The Morgan fingerprint density at radius 1 is 1.21 bits per heavy atom. The molecule has 0 atom stereocenters. The number of nitrogens with zero attached hydrogens (tertiary/aromatic N) is 3. The minimum Gasteiger partial charge on any atom is -0.323 e. The van der Waals surface area contributed by atoms with Crippen LogP contribution in [0, 0.1) is 18.6 Å². The predicted octanol–water partition coefficient (Wildman–Crippen LogP) is 4.82. The van der Waals surface area contributed by atoms with Crippen molar-refractivity contribution >= 4 is 50.4 Å². The van der Waals surface area contributed by atoms with Gasteiger partial charge in [0.2, 0.25) is 5.91 Å². The lowest BCUT2D eigenvalue weighted by Crippen LogP contribution is -2.15. The highest BCUT2D eigenvalue weighted by Gasteiger charge is 2.16. The van der Waals surface area contributed by atoms with Gasteiger partial charge in [-0.15, -0.1) is 21.5 Å². The van der Waals surface area contributed by atoms with Gasteiger partial charge in [0.05, 0.1) is 27.2 Å². The van der Waals surface area contributed by atoms with E-state index in [1.165, 1.54) is 22.7 Å². The van der Waals surface area contributed by atoms with Gasteiger partial charge in [-0.2, -0.15) is 0 Å². The molecule has 144 valence electrons. The number of thiophene rings is 1. The van der Waals surface area contributed by atoms with E-state index in [-0.39, 0.29) is 11.4 Å². The number of nitrogens with one attached hydrogen (secondary N) is 1. The largest absolute Gasteiger partial charge is 0.323 e. The number of halogens is 2. The fourth-order valence-corrected chi connectivity index (χ4v) is 4.67. The van der Waals surface area contributed by atoms with E-state index in [2.05, 4.69) is 39.0 Å². The molecule has 3 aromatic heterocycles. The fourth-order valence-electron chi connectivity index (χ4n) is 2.99. The topological polar surface area (TPSA) is 59.3 Å². The molecular formula is C19H16F2N4OS2. The summed E-state index contributed by atoms with van der Waals surface area (Å²) >= 11 is 2.93. The third-order valence-corrected chi connectivity index (χ3v) is 6.17. The van der Waals surface area contributed by atoms with Crippen molar-refractivity contribution in [3.05, 3.63) is 52.7 Å². The monoisotopic (exact) mass is 418 g/mol. The number of aromatic nitrogens is 3. The molecule has 5 nitrogen and oxygen atoms in total.